The van der Waals surface area contributed by atoms with Gasteiger partial charge in [0, 0.05) is 22.1 Å². The number of nitrogens with zero attached hydrogens (tertiary/aromatic N) is 4. The molecule has 0 unspecified atom stereocenters. The fourth-order valence-corrected chi connectivity index (χ4v) is 10.9. The molecule has 12 rings (SSSR count). The van der Waals surface area contributed by atoms with Crippen molar-refractivity contribution in [2.24, 2.45) is 17.8 Å². The van der Waals surface area contributed by atoms with E-state index in [9.17, 15) is 5.26 Å². The summed E-state index contributed by atoms with van der Waals surface area (Å²) in [6.45, 7) is 0. The molecule has 1 heterocycles. The van der Waals surface area contributed by atoms with Crippen LogP contribution in [0, 0.1) is 29.1 Å². The molecule has 4 bridgehead atoms. The normalized spacial score (nSPS) is 21.5. The highest BCUT2D eigenvalue weighted by Gasteiger charge is 2.51. The smallest absolute Gasteiger partial charge is 0.164 e. The van der Waals surface area contributed by atoms with Crippen LogP contribution in [0.2, 0.25) is 0 Å². The fraction of sp³-hybridized carbons (Fsp3) is 0.200. The van der Waals surface area contributed by atoms with Crippen LogP contribution in [0.4, 0.5) is 0 Å². The summed E-state index contributed by atoms with van der Waals surface area (Å²) in [5.74, 6) is 4.52. The van der Waals surface area contributed by atoms with Gasteiger partial charge < -0.3 is 0 Å². The predicted octanol–water partition coefficient (Wildman–Crippen LogP) is 12.3. The van der Waals surface area contributed by atoms with Crippen molar-refractivity contribution in [2.45, 2.75) is 43.9 Å². The molecule has 0 saturated heterocycles. The maximum absolute atomic E-state index is 10.5. The molecule has 0 N–H and O–H groups in total. The SMILES string of the molecule is N#Cc1cc(-c2nc(-c3ccccc3)nc(-c3ccccc3)n2)c2c3ccccc3c3ccc(-c4ccc(C56CC7CC(CC(C7)C5)C6)cc4)cc3c2c1. The molecule has 0 atom stereocenters. The molecule has 4 aliphatic rings. The van der Waals surface area contributed by atoms with Crippen LogP contribution in [0.3, 0.4) is 0 Å². The summed E-state index contributed by atoms with van der Waals surface area (Å²) in [5.41, 5.74) is 7.55. The minimum atomic E-state index is 0.381. The largest absolute Gasteiger partial charge is 0.208 e. The summed E-state index contributed by atoms with van der Waals surface area (Å²) in [7, 11) is 0. The Bertz CT molecular complexity index is 2710. The van der Waals surface area contributed by atoms with E-state index in [1.807, 2.05) is 72.8 Å². The third-order valence-electron chi connectivity index (χ3n) is 12.9. The van der Waals surface area contributed by atoms with Crippen molar-refractivity contribution < 1.29 is 0 Å². The Kier molecular flexibility index (Phi) is 7.07. The predicted molar refractivity (Wildman–Crippen MR) is 219 cm³/mol. The average Bonchev–Trinajstić information content (AvgIpc) is 3.23. The lowest BCUT2D eigenvalue weighted by Gasteiger charge is -2.57. The number of benzene rings is 7. The van der Waals surface area contributed by atoms with E-state index in [1.54, 1.807) is 5.56 Å². The topological polar surface area (TPSA) is 62.5 Å². The highest BCUT2D eigenvalue weighted by molar-refractivity contribution is 6.28. The molecule has 1 aromatic heterocycles. The van der Waals surface area contributed by atoms with Crippen molar-refractivity contribution in [2.75, 3.05) is 0 Å². The lowest BCUT2D eigenvalue weighted by Crippen LogP contribution is -2.48. The van der Waals surface area contributed by atoms with Crippen molar-refractivity contribution in [3.05, 3.63) is 151 Å². The van der Waals surface area contributed by atoms with Gasteiger partial charge in [-0.05, 0) is 124 Å². The lowest BCUT2D eigenvalue weighted by atomic mass is 9.48. The van der Waals surface area contributed by atoms with Crippen LogP contribution in [0.15, 0.2) is 140 Å². The van der Waals surface area contributed by atoms with Crippen molar-refractivity contribution in [1.29, 1.82) is 5.26 Å². The number of hydrogen-bond acceptors (Lipinski definition) is 4. The quantitative estimate of drug-likeness (QED) is 0.168. The standard InChI is InChI=1S/C50H38N4/c51-30-34-24-44-43-26-38(35-15-18-39(19-16-35)50-27-31-21-32(28-50)23-33(22-31)29-50)17-20-41(43)40-13-7-8-14-42(40)46(44)45(25-34)49-53-47(36-9-3-1-4-10-36)52-48(54-49)37-11-5-2-6-12-37/h1-20,24-26,31-33H,21-23,27-29H2. The first kappa shape index (κ1) is 31.4. The molecule has 0 spiro atoms. The van der Waals surface area contributed by atoms with E-state index in [0.717, 1.165) is 61.4 Å². The summed E-state index contributed by atoms with van der Waals surface area (Å²) >= 11 is 0. The van der Waals surface area contributed by atoms with E-state index in [2.05, 4.69) is 72.8 Å². The molecule has 258 valence electrons. The fourth-order valence-electron chi connectivity index (χ4n) is 10.9. The van der Waals surface area contributed by atoms with Crippen LogP contribution in [0.25, 0.3) is 77.6 Å². The van der Waals surface area contributed by atoms with Crippen LogP contribution in [0.5, 0.6) is 0 Å². The van der Waals surface area contributed by atoms with Gasteiger partial charge in [0.1, 0.15) is 0 Å². The van der Waals surface area contributed by atoms with E-state index in [4.69, 9.17) is 15.0 Å². The molecular formula is C50H38N4. The summed E-state index contributed by atoms with van der Waals surface area (Å²) in [6, 6.07) is 51.6. The molecule has 0 radical (unpaired) electrons. The summed E-state index contributed by atoms with van der Waals surface area (Å²) in [4.78, 5) is 15.2. The first-order valence-corrected chi connectivity index (χ1v) is 19.4. The van der Waals surface area contributed by atoms with Crippen molar-refractivity contribution in [3.63, 3.8) is 0 Å². The zero-order valence-corrected chi connectivity index (χ0v) is 30.0. The maximum Gasteiger partial charge on any atom is 0.164 e. The molecule has 54 heavy (non-hydrogen) atoms. The molecule has 4 heteroatoms. The Morgan fingerprint density at radius 3 is 1.61 bits per heavy atom. The van der Waals surface area contributed by atoms with Crippen LogP contribution in [0.1, 0.15) is 49.7 Å². The van der Waals surface area contributed by atoms with Gasteiger partial charge in [0.15, 0.2) is 17.5 Å². The van der Waals surface area contributed by atoms with E-state index in [1.165, 1.54) is 55.0 Å². The van der Waals surface area contributed by atoms with Gasteiger partial charge in [0.25, 0.3) is 0 Å². The third-order valence-corrected chi connectivity index (χ3v) is 12.9. The Morgan fingerprint density at radius 2 is 1.00 bits per heavy atom. The molecule has 7 aromatic carbocycles. The van der Waals surface area contributed by atoms with Gasteiger partial charge in [-0.25, -0.2) is 15.0 Å². The zero-order valence-electron chi connectivity index (χ0n) is 30.0. The van der Waals surface area contributed by atoms with E-state index >= 15 is 0 Å². The third kappa shape index (κ3) is 5.06. The zero-order chi connectivity index (χ0) is 35.8. The maximum atomic E-state index is 10.5. The number of aromatic nitrogens is 3. The van der Waals surface area contributed by atoms with Gasteiger partial charge >= 0.3 is 0 Å². The molecule has 4 saturated carbocycles. The lowest BCUT2D eigenvalue weighted by molar-refractivity contribution is -0.00518. The molecular weight excluding hydrogens is 657 g/mol. The Morgan fingerprint density at radius 1 is 0.463 bits per heavy atom. The van der Waals surface area contributed by atoms with Crippen molar-refractivity contribution in [3.8, 4) is 51.4 Å². The highest BCUT2D eigenvalue weighted by atomic mass is 15.0. The minimum Gasteiger partial charge on any atom is -0.208 e. The van der Waals surface area contributed by atoms with Gasteiger partial charge in [-0.2, -0.15) is 5.26 Å². The second-order valence-electron chi connectivity index (χ2n) is 16.2. The number of hydrogen-bond donors (Lipinski definition) is 0. The van der Waals surface area contributed by atoms with E-state index < -0.39 is 0 Å². The highest BCUT2D eigenvalue weighted by Crippen LogP contribution is 2.60. The van der Waals surface area contributed by atoms with Gasteiger partial charge in [0.05, 0.1) is 11.6 Å². The minimum absolute atomic E-state index is 0.381. The van der Waals surface area contributed by atoms with Gasteiger partial charge in [-0.3, -0.25) is 0 Å². The van der Waals surface area contributed by atoms with Crippen molar-refractivity contribution in [1.82, 2.24) is 15.0 Å². The van der Waals surface area contributed by atoms with Crippen LogP contribution in [-0.2, 0) is 5.41 Å². The van der Waals surface area contributed by atoms with E-state index in [0.29, 0.717) is 28.5 Å². The van der Waals surface area contributed by atoms with E-state index in [-0.39, 0.29) is 0 Å². The Labute approximate surface area is 315 Å². The summed E-state index contributed by atoms with van der Waals surface area (Å²) < 4.78 is 0. The summed E-state index contributed by atoms with van der Waals surface area (Å²) in [6.07, 6.45) is 8.50. The second-order valence-corrected chi connectivity index (χ2v) is 16.2. The Balaban J connectivity index is 1.11. The van der Waals surface area contributed by atoms with Crippen LogP contribution in [-0.4, -0.2) is 15.0 Å². The number of rotatable bonds is 5. The first-order valence-electron chi connectivity index (χ1n) is 19.4. The Hall–Kier alpha value is -6.18. The monoisotopic (exact) mass is 694 g/mol. The number of fused-ring (bicyclic) bond motifs is 6. The summed E-state index contributed by atoms with van der Waals surface area (Å²) in [5, 5.41) is 17.1. The molecule has 8 aromatic rings. The van der Waals surface area contributed by atoms with Gasteiger partial charge in [0.2, 0.25) is 0 Å². The first-order chi connectivity index (χ1) is 26.6. The molecule has 4 aliphatic carbocycles. The number of nitriles is 1. The van der Waals surface area contributed by atoms with Crippen LogP contribution < -0.4 is 0 Å². The van der Waals surface area contributed by atoms with Gasteiger partial charge in [-0.15, -0.1) is 0 Å². The molecule has 4 nitrogen and oxygen atoms in total. The molecule has 4 fully saturated rings. The van der Waals surface area contributed by atoms with Crippen LogP contribution >= 0.6 is 0 Å². The van der Waals surface area contributed by atoms with Gasteiger partial charge in [-0.1, -0.05) is 121 Å². The average molecular weight is 695 g/mol. The second kappa shape index (κ2) is 12.2. The molecule has 0 amide bonds. The van der Waals surface area contributed by atoms with Crippen molar-refractivity contribution >= 4 is 32.3 Å². The molecule has 0 aliphatic heterocycles.